The van der Waals surface area contributed by atoms with E-state index in [2.05, 4.69) is 5.10 Å². The standard InChI is InChI=1S/C14H18FN3O/c1-4-10-8-12(18(2)17-10)14(16)11-7-9(15)5-6-13(11)19-3/h5-8,14H,4,16H2,1-3H3. The number of nitrogens with two attached hydrogens (primary N) is 1. The fraction of sp³-hybridized carbons (Fsp3) is 0.357. The molecule has 0 bridgehead atoms. The Morgan fingerprint density at radius 3 is 2.74 bits per heavy atom. The van der Waals surface area contributed by atoms with Gasteiger partial charge in [-0.2, -0.15) is 5.10 Å². The predicted molar refractivity (Wildman–Crippen MR) is 71.6 cm³/mol. The minimum Gasteiger partial charge on any atom is -0.496 e. The molecule has 0 saturated carbocycles. The molecule has 1 heterocycles. The molecule has 19 heavy (non-hydrogen) atoms. The summed E-state index contributed by atoms with van der Waals surface area (Å²) in [6, 6.07) is 5.82. The molecule has 0 radical (unpaired) electrons. The quantitative estimate of drug-likeness (QED) is 0.919. The first-order valence-corrected chi connectivity index (χ1v) is 6.18. The van der Waals surface area contributed by atoms with E-state index in [-0.39, 0.29) is 5.82 Å². The van der Waals surface area contributed by atoms with Gasteiger partial charge >= 0.3 is 0 Å². The molecule has 0 saturated heterocycles. The van der Waals surface area contributed by atoms with Gasteiger partial charge in [-0.05, 0) is 30.7 Å². The number of methoxy groups -OCH3 is 1. The van der Waals surface area contributed by atoms with Crippen molar-refractivity contribution >= 4 is 0 Å². The van der Waals surface area contributed by atoms with Crippen LogP contribution in [0.1, 0.15) is 29.9 Å². The Morgan fingerprint density at radius 2 is 2.16 bits per heavy atom. The molecular weight excluding hydrogens is 245 g/mol. The van der Waals surface area contributed by atoms with Crippen LogP contribution in [0.5, 0.6) is 5.75 Å². The lowest BCUT2D eigenvalue weighted by atomic mass is 10.0. The second kappa shape index (κ2) is 5.40. The number of rotatable bonds is 4. The minimum atomic E-state index is -0.469. The van der Waals surface area contributed by atoms with Crippen LogP contribution in [0.4, 0.5) is 4.39 Å². The van der Waals surface area contributed by atoms with Crippen LogP contribution in [0.2, 0.25) is 0 Å². The molecule has 2 N–H and O–H groups in total. The third-order valence-electron chi connectivity index (χ3n) is 3.17. The zero-order valence-corrected chi connectivity index (χ0v) is 11.4. The van der Waals surface area contributed by atoms with Crippen molar-refractivity contribution in [3.05, 3.63) is 47.0 Å². The average molecular weight is 263 g/mol. The summed E-state index contributed by atoms with van der Waals surface area (Å²) in [6.45, 7) is 2.03. The van der Waals surface area contributed by atoms with E-state index in [1.54, 1.807) is 17.9 Å². The molecule has 102 valence electrons. The van der Waals surface area contributed by atoms with Gasteiger partial charge in [0.05, 0.1) is 24.5 Å². The normalized spacial score (nSPS) is 12.5. The molecule has 1 aromatic carbocycles. The summed E-state index contributed by atoms with van der Waals surface area (Å²) in [6.07, 6.45) is 0.834. The molecule has 2 aromatic rings. The second-order valence-corrected chi connectivity index (χ2v) is 4.40. The number of nitrogens with zero attached hydrogens (tertiary/aromatic N) is 2. The number of aryl methyl sites for hydroxylation is 2. The molecule has 0 spiro atoms. The molecule has 4 nitrogen and oxygen atoms in total. The average Bonchev–Trinajstić information content (AvgIpc) is 2.79. The summed E-state index contributed by atoms with van der Waals surface area (Å²) in [7, 11) is 3.38. The number of benzene rings is 1. The van der Waals surface area contributed by atoms with Gasteiger partial charge in [-0.15, -0.1) is 0 Å². The summed E-state index contributed by atoms with van der Waals surface area (Å²) in [5.74, 6) is 0.247. The molecule has 0 aliphatic carbocycles. The maximum atomic E-state index is 13.4. The first-order valence-electron chi connectivity index (χ1n) is 6.18. The lowest BCUT2D eigenvalue weighted by Gasteiger charge is -2.16. The van der Waals surface area contributed by atoms with E-state index in [0.717, 1.165) is 17.8 Å². The van der Waals surface area contributed by atoms with Crippen LogP contribution in [-0.2, 0) is 13.5 Å². The highest BCUT2D eigenvalue weighted by molar-refractivity contribution is 5.40. The summed E-state index contributed by atoms with van der Waals surface area (Å²) in [4.78, 5) is 0. The van der Waals surface area contributed by atoms with E-state index in [1.807, 2.05) is 20.0 Å². The van der Waals surface area contributed by atoms with E-state index in [1.165, 1.54) is 12.1 Å². The Bertz CT molecular complexity index is 580. The topological polar surface area (TPSA) is 53.1 Å². The van der Waals surface area contributed by atoms with E-state index in [9.17, 15) is 4.39 Å². The summed E-state index contributed by atoms with van der Waals surface area (Å²) in [5.41, 5.74) is 8.64. The van der Waals surface area contributed by atoms with Crippen molar-refractivity contribution in [2.45, 2.75) is 19.4 Å². The maximum absolute atomic E-state index is 13.4. The van der Waals surface area contributed by atoms with Crippen LogP contribution in [-0.4, -0.2) is 16.9 Å². The van der Waals surface area contributed by atoms with Crippen LogP contribution >= 0.6 is 0 Å². The number of aromatic nitrogens is 2. The molecule has 0 fully saturated rings. The Balaban J connectivity index is 2.45. The highest BCUT2D eigenvalue weighted by atomic mass is 19.1. The van der Waals surface area contributed by atoms with Gasteiger partial charge in [0.25, 0.3) is 0 Å². The molecular formula is C14H18FN3O. The van der Waals surface area contributed by atoms with Crippen molar-refractivity contribution < 1.29 is 9.13 Å². The van der Waals surface area contributed by atoms with Crippen molar-refractivity contribution in [1.29, 1.82) is 0 Å². The lowest BCUT2D eigenvalue weighted by molar-refractivity contribution is 0.405. The van der Waals surface area contributed by atoms with Gasteiger partial charge in [-0.1, -0.05) is 6.92 Å². The number of hydrogen-bond donors (Lipinski definition) is 1. The summed E-state index contributed by atoms with van der Waals surface area (Å²) < 4.78 is 20.4. The Kier molecular flexibility index (Phi) is 3.85. The van der Waals surface area contributed by atoms with Crippen LogP contribution < -0.4 is 10.5 Å². The highest BCUT2D eigenvalue weighted by Crippen LogP contribution is 2.29. The van der Waals surface area contributed by atoms with Crippen LogP contribution in [0.3, 0.4) is 0 Å². The third kappa shape index (κ3) is 2.61. The highest BCUT2D eigenvalue weighted by Gasteiger charge is 2.19. The Labute approximate surface area is 112 Å². The SMILES string of the molecule is CCc1cc(C(N)c2cc(F)ccc2OC)n(C)n1. The van der Waals surface area contributed by atoms with E-state index < -0.39 is 6.04 Å². The predicted octanol–water partition coefficient (Wildman–Crippen LogP) is 2.18. The molecule has 1 atom stereocenters. The molecule has 1 unspecified atom stereocenters. The fourth-order valence-electron chi connectivity index (χ4n) is 2.11. The second-order valence-electron chi connectivity index (χ2n) is 4.40. The van der Waals surface area contributed by atoms with Crippen LogP contribution in [0.15, 0.2) is 24.3 Å². The van der Waals surface area contributed by atoms with Gasteiger partial charge in [-0.25, -0.2) is 4.39 Å². The first kappa shape index (κ1) is 13.5. The first-order chi connectivity index (χ1) is 9.06. The number of ether oxygens (including phenoxy) is 1. The van der Waals surface area contributed by atoms with Crippen molar-refractivity contribution in [3.8, 4) is 5.75 Å². The monoisotopic (exact) mass is 263 g/mol. The molecule has 0 aliphatic rings. The van der Waals surface area contributed by atoms with Crippen molar-refractivity contribution in [3.63, 3.8) is 0 Å². The largest absolute Gasteiger partial charge is 0.496 e. The maximum Gasteiger partial charge on any atom is 0.124 e. The summed E-state index contributed by atoms with van der Waals surface area (Å²) >= 11 is 0. The molecule has 0 amide bonds. The van der Waals surface area contributed by atoms with E-state index >= 15 is 0 Å². The molecule has 5 heteroatoms. The molecule has 0 aliphatic heterocycles. The van der Waals surface area contributed by atoms with Gasteiger partial charge < -0.3 is 10.5 Å². The van der Waals surface area contributed by atoms with Gasteiger partial charge in [0, 0.05) is 12.6 Å². The number of hydrogen-bond acceptors (Lipinski definition) is 3. The van der Waals surface area contributed by atoms with Crippen LogP contribution in [0.25, 0.3) is 0 Å². The van der Waals surface area contributed by atoms with Gasteiger partial charge in [0.2, 0.25) is 0 Å². The zero-order valence-electron chi connectivity index (χ0n) is 11.4. The smallest absolute Gasteiger partial charge is 0.124 e. The van der Waals surface area contributed by atoms with Gasteiger partial charge in [0.15, 0.2) is 0 Å². The number of halogens is 1. The Morgan fingerprint density at radius 1 is 1.42 bits per heavy atom. The van der Waals surface area contributed by atoms with Crippen molar-refractivity contribution in [1.82, 2.24) is 9.78 Å². The van der Waals surface area contributed by atoms with E-state index in [0.29, 0.717) is 11.3 Å². The van der Waals surface area contributed by atoms with Crippen molar-refractivity contribution in [2.75, 3.05) is 7.11 Å². The lowest BCUT2D eigenvalue weighted by Crippen LogP contribution is -2.17. The van der Waals surface area contributed by atoms with E-state index in [4.69, 9.17) is 10.5 Å². The third-order valence-corrected chi connectivity index (χ3v) is 3.17. The summed E-state index contributed by atoms with van der Waals surface area (Å²) in [5, 5.41) is 4.36. The van der Waals surface area contributed by atoms with Crippen molar-refractivity contribution in [2.24, 2.45) is 12.8 Å². The zero-order chi connectivity index (χ0) is 14.0. The minimum absolute atomic E-state index is 0.330. The van der Waals surface area contributed by atoms with Gasteiger partial charge in [-0.3, -0.25) is 4.68 Å². The Hall–Kier alpha value is -1.88. The molecule has 2 rings (SSSR count). The molecule has 1 aromatic heterocycles. The van der Waals surface area contributed by atoms with Crippen LogP contribution in [0, 0.1) is 5.82 Å². The van der Waals surface area contributed by atoms with Gasteiger partial charge in [0.1, 0.15) is 11.6 Å². The fourth-order valence-corrected chi connectivity index (χ4v) is 2.11.